The minimum absolute atomic E-state index is 0. The number of carboxylic acid groups (broad SMARTS) is 1. The number of aliphatic carboxylic acids is 1. The van der Waals surface area contributed by atoms with Crippen LogP contribution in [0.2, 0.25) is 0 Å². The van der Waals surface area contributed by atoms with Crippen LogP contribution in [0.5, 0.6) is 0 Å². The number of hydrogen-bond acceptors (Lipinski definition) is 4. The van der Waals surface area contributed by atoms with Crippen LogP contribution in [-0.2, 0) is 16.0 Å². The molecule has 0 saturated heterocycles. The van der Waals surface area contributed by atoms with Crippen molar-refractivity contribution >= 4 is 12.1 Å². The van der Waals surface area contributed by atoms with Gasteiger partial charge in [0, 0.05) is 0 Å². The van der Waals surface area contributed by atoms with E-state index in [0.29, 0.717) is 0 Å². The van der Waals surface area contributed by atoms with E-state index >= 15 is 0 Å². The van der Waals surface area contributed by atoms with Crippen LogP contribution < -0.4 is 29.3 Å². The van der Waals surface area contributed by atoms with Crippen LogP contribution in [0, 0.1) is 0 Å². The number of carbonyl (C=O) groups excluding carboxylic acids is 2. The third kappa shape index (κ3) is 7.22. The summed E-state index contributed by atoms with van der Waals surface area (Å²) in [4.78, 5) is 22.6. The maximum atomic E-state index is 11.5. The Bertz CT molecular complexity index is 442. The van der Waals surface area contributed by atoms with E-state index in [4.69, 9.17) is 4.74 Å². The van der Waals surface area contributed by atoms with Gasteiger partial charge in [-0.2, -0.15) is 0 Å². The van der Waals surface area contributed by atoms with E-state index in [1.54, 1.807) is 45.0 Å². The molecule has 0 fully saturated rings. The van der Waals surface area contributed by atoms with Gasteiger partial charge in [0.25, 0.3) is 0 Å². The van der Waals surface area contributed by atoms with Crippen molar-refractivity contribution in [3.63, 3.8) is 0 Å². The zero-order valence-electron chi connectivity index (χ0n) is 12.3. The number of hydrogen-bond donors (Lipinski definition) is 1. The molecule has 1 amide bonds. The Morgan fingerprint density at radius 1 is 1.25 bits per heavy atom. The molecule has 1 rings (SSSR count). The molecule has 104 valence electrons. The molecule has 0 aliphatic rings. The van der Waals surface area contributed by atoms with Crippen molar-refractivity contribution in [2.24, 2.45) is 0 Å². The van der Waals surface area contributed by atoms with Gasteiger partial charge >= 0.3 is 25.0 Å². The molecule has 0 radical (unpaired) electrons. The van der Waals surface area contributed by atoms with Gasteiger partial charge in [-0.15, -0.1) is 0 Å². The van der Waals surface area contributed by atoms with Crippen LogP contribution in [-0.4, -0.2) is 23.7 Å². The number of ether oxygens (including phenoxy) is 1. The fourth-order valence-electron chi connectivity index (χ4n) is 1.49. The monoisotopic (exact) mass is 271 g/mol. The molecule has 0 bridgehead atoms. The Morgan fingerprint density at radius 3 is 2.25 bits per heavy atom. The van der Waals surface area contributed by atoms with Crippen molar-refractivity contribution in [3.8, 4) is 0 Å². The quantitative estimate of drug-likeness (QED) is 0.635. The van der Waals surface area contributed by atoms with Gasteiger partial charge < -0.3 is 20.0 Å². The van der Waals surface area contributed by atoms with E-state index in [-0.39, 0.29) is 25.3 Å². The largest absolute Gasteiger partial charge is 1.00 e. The maximum Gasteiger partial charge on any atom is 1.00 e. The van der Waals surface area contributed by atoms with Gasteiger partial charge in [0.05, 0.1) is 12.0 Å². The maximum absolute atomic E-state index is 11.5. The summed E-state index contributed by atoms with van der Waals surface area (Å²) < 4.78 is 5.01. The number of rotatable bonds is 4. The number of benzene rings is 1. The molecule has 1 N–H and O–H groups in total. The molecule has 0 unspecified atom stereocenters. The van der Waals surface area contributed by atoms with Crippen LogP contribution in [0.25, 0.3) is 0 Å². The van der Waals surface area contributed by atoms with Crippen LogP contribution in [0.1, 0.15) is 26.3 Å². The molecular formula is C14H18LiNO4. The molecule has 0 aliphatic heterocycles. The first-order chi connectivity index (χ1) is 8.78. The Labute approximate surface area is 130 Å². The minimum Gasteiger partial charge on any atom is -0.548 e. The van der Waals surface area contributed by atoms with Crippen molar-refractivity contribution in [1.29, 1.82) is 0 Å². The summed E-state index contributed by atoms with van der Waals surface area (Å²) in [7, 11) is 0. The van der Waals surface area contributed by atoms with Crippen molar-refractivity contribution in [1.82, 2.24) is 5.32 Å². The molecule has 0 aromatic heterocycles. The van der Waals surface area contributed by atoms with Crippen molar-refractivity contribution in [3.05, 3.63) is 35.9 Å². The standard InChI is InChI=1S/C14H19NO4.Li/c1-14(2,3)19-13(18)15-11(12(16)17)9-10-7-5-4-6-8-10;/h4-8,11H,9H2,1-3H3,(H,15,18)(H,16,17);/q;+1/p-1/t11-;/m0./s1. The van der Waals surface area contributed by atoms with Crippen LogP contribution in [0.4, 0.5) is 4.79 Å². The smallest absolute Gasteiger partial charge is 0.548 e. The van der Waals surface area contributed by atoms with E-state index in [0.717, 1.165) is 5.56 Å². The number of carboxylic acids is 1. The van der Waals surface area contributed by atoms with Gasteiger partial charge in [0.15, 0.2) is 0 Å². The second-order valence-corrected chi connectivity index (χ2v) is 5.21. The average Bonchev–Trinajstić information content (AvgIpc) is 2.26. The van der Waals surface area contributed by atoms with E-state index in [9.17, 15) is 14.7 Å². The molecule has 0 saturated carbocycles. The fourth-order valence-corrected chi connectivity index (χ4v) is 1.49. The predicted molar refractivity (Wildman–Crippen MR) is 68.3 cm³/mol. The van der Waals surface area contributed by atoms with Gasteiger partial charge in [0.1, 0.15) is 5.60 Å². The van der Waals surface area contributed by atoms with E-state index in [1.165, 1.54) is 0 Å². The number of amides is 1. The van der Waals surface area contributed by atoms with Gasteiger partial charge in [-0.05, 0) is 32.8 Å². The third-order valence-corrected chi connectivity index (χ3v) is 2.26. The van der Waals surface area contributed by atoms with Crippen molar-refractivity contribution in [2.45, 2.75) is 38.8 Å². The topological polar surface area (TPSA) is 78.5 Å². The summed E-state index contributed by atoms with van der Waals surface area (Å²) in [5, 5.41) is 13.3. The van der Waals surface area contributed by atoms with E-state index in [2.05, 4.69) is 5.32 Å². The van der Waals surface area contributed by atoms with E-state index in [1.807, 2.05) is 6.07 Å². The summed E-state index contributed by atoms with van der Waals surface area (Å²) >= 11 is 0. The Kier molecular flexibility index (Phi) is 7.41. The molecule has 0 aliphatic carbocycles. The minimum atomic E-state index is -1.34. The Morgan fingerprint density at radius 2 is 1.80 bits per heavy atom. The van der Waals surface area contributed by atoms with E-state index < -0.39 is 23.7 Å². The van der Waals surface area contributed by atoms with Gasteiger partial charge in [-0.25, -0.2) is 4.79 Å². The van der Waals surface area contributed by atoms with Crippen LogP contribution >= 0.6 is 0 Å². The average molecular weight is 271 g/mol. The van der Waals surface area contributed by atoms with Gasteiger partial charge in [0.2, 0.25) is 0 Å². The zero-order chi connectivity index (χ0) is 14.5. The molecule has 0 heterocycles. The first-order valence-electron chi connectivity index (χ1n) is 6.02. The first kappa shape index (κ1) is 18.6. The molecule has 1 atom stereocenters. The number of alkyl carbamates (subject to hydrolysis) is 1. The van der Waals surface area contributed by atoms with Gasteiger partial charge in [-0.1, -0.05) is 30.3 Å². The summed E-state index contributed by atoms with van der Waals surface area (Å²) in [5.41, 5.74) is 0.126. The summed E-state index contributed by atoms with van der Waals surface area (Å²) in [5.74, 6) is -1.34. The molecule has 20 heavy (non-hydrogen) atoms. The molecule has 0 spiro atoms. The number of carbonyl (C=O) groups is 2. The fraction of sp³-hybridized carbons (Fsp3) is 0.429. The Hall–Kier alpha value is -1.44. The van der Waals surface area contributed by atoms with Crippen molar-refractivity contribution < 1.29 is 38.3 Å². The van der Waals surface area contributed by atoms with Crippen LogP contribution in [0.15, 0.2) is 30.3 Å². The molecule has 1 aromatic carbocycles. The summed E-state index contributed by atoms with van der Waals surface area (Å²) in [6, 6.07) is 7.89. The molecule has 1 aromatic rings. The molecule has 5 nitrogen and oxygen atoms in total. The van der Waals surface area contributed by atoms with Crippen molar-refractivity contribution in [2.75, 3.05) is 0 Å². The van der Waals surface area contributed by atoms with Gasteiger partial charge in [-0.3, -0.25) is 0 Å². The zero-order valence-corrected chi connectivity index (χ0v) is 12.3. The SMILES string of the molecule is CC(C)(C)OC(=O)N[C@@H](Cc1ccccc1)C(=O)[O-].[Li+]. The normalized spacial score (nSPS) is 11.9. The molecule has 6 heteroatoms. The summed E-state index contributed by atoms with van der Waals surface area (Å²) in [6.45, 7) is 5.12. The number of nitrogens with one attached hydrogen (secondary N) is 1. The second kappa shape index (κ2) is 7.98. The third-order valence-electron chi connectivity index (χ3n) is 2.26. The first-order valence-corrected chi connectivity index (χ1v) is 6.02. The second-order valence-electron chi connectivity index (χ2n) is 5.21. The summed E-state index contributed by atoms with van der Waals surface area (Å²) in [6.07, 6.45) is -0.611. The Balaban J connectivity index is 0.00000361. The predicted octanol–water partition coefficient (Wildman–Crippen LogP) is -2.12. The van der Waals surface area contributed by atoms with Crippen LogP contribution in [0.3, 0.4) is 0 Å². The molecular weight excluding hydrogens is 253 g/mol.